The minimum atomic E-state index is -0.337. The minimum absolute atomic E-state index is 0.337. The summed E-state index contributed by atoms with van der Waals surface area (Å²) >= 11 is 0. The normalized spacial score (nSPS) is 10.6. The molecule has 1 heterocycles. The first kappa shape index (κ1) is 9.71. The quantitative estimate of drug-likeness (QED) is 0.725. The van der Waals surface area contributed by atoms with E-state index in [-0.39, 0.29) is 5.82 Å². The highest BCUT2D eigenvalue weighted by molar-refractivity contribution is 5.47. The SMILES string of the molecule is Cc1ncn(-c2ccc(N)cc2F)c1C. The first-order chi connectivity index (χ1) is 7.09. The maximum absolute atomic E-state index is 13.6. The Morgan fingerprint density at radius 1 is 1.33 bits per heavy atom. The Morgan fingerprint density at radius 3 is 2.60 bits per heavy atom. The standard InChI is InChI=1S/C11H12FN3/c1-7-8(2)15(6-14-7)11-4-3-9(13)5-10(11)12/h3-6H,13H2,1-2H3. The molecular formula is C11H12FN3. The van der Waals surface area contributed by atoms with Gasteiger partial charge in [-0.05, 0) is 32.0 Å². The van der Waals surface area contributed by atoms with Crippen molar-refractivity contribution in [2.45, 2.75) is 13.8 Å². The fourth-order valence-electron chi connectivity index (χ4n) is 1.46. The van der Waals surface area contributed by atoms with Crippen LogP contribution in [0.2, 0.25) is 0 Å². The van der Waals surface area contributed by atoms with Gasteiger partial charge in [-0.3, -0.25) is 0 Å². The van der Waals surface area contributed by atoms with Crippen LogP contribution in [0, 0.1) is 19.7 Å². The predicted octanol–water partition coefficient (Wildman–Crippen LogP) is 2.21. The molecule has 0 spiro atoms. The van der Waals surface area contributed by atoms with Crippen LogP contribution in [0.1, 0.15) is 11.4 Å². The smallest absolute Gasteiger partial charge is 0.149 e. The van der Waals surface area contributed by atoms with Crippen molar-refractivity contribution in [3.05, 3.63) is 41.7 Å². The summed E-state index contributed by atoms with van der Waals surface area (Å²) in [6.07, 6.45) is 1.61. The van der Waals surface area contributed by atoms with Crippen LogP contribution >= 0.6 is 0 Å². The molecule has 1 aromatic carbocycles. The summed E-state index contributed by atoms with van der Waals surface area (Å²) in [5, 5.41) is 0. The van der Waals surface area contributed by atoms with Crippen LogP contribution in [0.3, 0.4) is 0 Å². The van der Waals surface area contributed by atoms with E-state index in [0.717, 1.165) is 11.4 Å². The molecule has 0 aliphatic heterocycles. The van der Waals surface area contributed by atoms with Crippen molar-refractivity contribution in [2.24, 2.45) is 0 Å². The Morgan fingerprint density at radius 2 is 2.07 bits per heavy atom. The third kappa shape index (κ3) is 1.58. The van der Waals surface area contributed by atoms with Gasteiger partial charge in [0.15, 0.2) is 0 Å². The molecule has 0 aliphatic rings. The number of nitrogens with two attached hydrogens (primary N) is 1. The Balaban J connectivity index is 2.59. The average molecular weight is 205 g/mol. The largest absolute Gasteiger partial charge is 0.399 e. The van der Waals surface area contributed by atoms with Crippen LogP contribution in [0.15, 0.2) is 24.5 Å². The van der Waals surface area contributed by atoms with Crippen LogP contribution in [-0.2, 0) is 0 Å². The third-order valence-corrected chi connectivity index (χ3v) is 2.48. The lowest BCUT2D eigenvalue weighted by Gasteiger charge is -2.07. The molecule has 2 rings (SSSR count). The zero-order valence-electron chi connectivity index (χ0n) is 8.66. The Kier molecular flexibility index (Phi) is 2.19. The minimum Gasteiger partial charge on any atom is -0.399 e. The Hall–Kier alpha value is -1.84. The molecule has 2 N–H and O–H groups in total. The van der Waals surface area contributed by atoms with Gasteiger partial charge in [-0.15, -0.1) is 0 Å². The molecule has 4 heteroatoms. The molecule has 3 nitrogen and oxygen atoms in total. The fraction of sp³-hybridized carbons (Fsp3) is 0.182. The molecule has 0 saturated carbocycles. The summed E-state index contributed by atoms with van der Waals surface area (Å²) in [5.74, 6) is -0.337. The van der Waals surface area contributed by atoms with Gasteiger partial charge in [-0.2, -0.15) is 0 Å². The second-order valence-corrected chi connectivity index (χ2v) is 3.50. The number of hydrogen-bond acceptors (Lipinski definition) is 2. The molecule has 2 aromatic rings. The highest BCUT2D eigenvalue weighted by Crippen LogP contribution is 2.19. The molecule has 0 unspecified atom stereocenters. The van der Waals surface area contributed by atoms with Crippen molar-refractivity contribution in [3.63, 3.8) is 0 Å². The number of nitrogens with zero attached hydrogens (tertiary/aromatic N) is 2. The fourth-order valence-corrected chi connectivity index (χ4v) is 1.46. The van der Waals surface area contributed by atoms with E-state index in [1.165, 1.54) is 6.07 Å². The number of benzene rings is 1. The maximum Gasteiger partial charge on any atom is 0.149 e. The van der Waals surface area contributed by atoms with Crippen molar-refractivity contribution in [2.75, 3.05) is 5.73 Å². The lowest BCUT2D eigenvalue weighted by atomic mass is 10.2. The van der Waals surface area contributed by atoms with E-state index in [2.05, 4.69) is 4.98 Å². The number of imidazole rings is 1. The molecule has 0 radical (unpaired) electrons. The summed E-state index contributed by atoms with van der Waals surface area (Å²) in [5.41, 5.74) is 8.20. The van der Waals surface area contributed by atoms with Gasteiger partial charge in [-0.1, -0.05) is 0 Å². The molecule has 78 valence electrons. The predicted molar refractivity (Wildman–Crippen MR) is 57.4 cm³/mol. The number of halogens is 1. The Bertz CT molecular complexity index is 503. The van der Waals surface area contributed by atoms with Crippen molar-refractivity contribution >= 4 is 5.69 Å². The number of hydrogen-bond donors (Lipinski definition) is 1. The van der Waals surface area contributed by atoms with Crippen LogP contribution in [0.4, 0.5) is 10.1 Å². The molecule has 15 heavy (non-hydrogen) atoms. The number of aryl methyl sites for hydroxylation is 1. The molecule has 0 atom stereocenters. The van der Waals surface area contributed by atoms with Gasteiger partial charge >= 0.3 is 0 Å². The van der Waals surface area contributed by atoms with Gasteiger partial charge in [0.1, 0.15) is 5.82 Å². The topological polar surface area (TPSA) is 43.8 Å². The molecule has 0 saturated heterocycles. The molecule has 0 fully saturated rings. The molecule has 0 bridgehead atoms. The van der Waals surface area contributed by atoms with Gasteiger partial charge in [0, 0.05) is 11.4 Å². The van der Waals surface area contributed by atoms with Gasteiger partial charge < -0.3 is 10.3 Å². The van der Waals surface area contributed by atoms with Gasteiger partial charge in [0.25, 0.3) is 0 Å². The second-order valence-electron chi connectivity index (χ2n) is 3.50. The number of aromatic nitrogens is 2. The summed E-state index contributed by atoms with van der Waals surface area (Å²) in [6, 6.07) is 4.64. The van der Waals surface area contributed by atoms with E-state index in [4.69, 9.17) is 5.73 Å². The highest BCUT2D eigenvalue weighted by atomic mass is 19.1. The Labute approximate surface area is 87.4 Å². The van der Waals surface area contributed by atoms with E-state index < -0.39 is 0 Å². The van der Waals surface area contributed by atoms with Gasteiger partial charge in [-0.25, -0.2) is 9.37 Å². The van der Waals surface area contributed by atoms with E-state index >= 15 is 0 Å². The van der Waals surface area contributed by atoms with Crippen molar-refractivity contribution in [1.82, 2.24) is 9.55 Å². The van der Waals surface area contributed by atoms with E-state index in [9.17, 15) is 4.39 Å². The highest BCUT2D eigenvalue weighted by Gasteiger charge is 2.08. The summed E-state index contributed by atoms with van der Waals surface area (Å²) in [4.78, 5) is 4.12. The second kappa shape index (κ2) is 3.38. The lowest BCUT2D eigenvalue weighted by Crippen LogP contribution is -1.99. The van der Waals surface area contributed by atoms with Crippen LogP contribution < -0.4 is 5.73 Å². The lowest BCUT2D eigenvalue weighted by molar-refractivity contribution is 0.617. The summed E-state index contributed by atoms with van der Waals surface area (Å²) < 4.78 is 15.3. The van der Waals surface area contributed by atoms with Crippen molar-refractivity contribution < 1.29 is 4.39 Å². The van der Waals surface area contributed by atoms with Crippen LogP contribution in [0.25, 0.3) is 5.69 Å². The zero-order chi connectivity index (χ0) is 11.0. The van der Waals surface area contributed by atoms with Crippen LogP contribution in [0.5, 0.6) is 0 Å². The summed E-state index contributed by atoms with van der Waals surface area (Å²) in [6.45, 7) is 3.79. The summed E-state index contributed by atoms with van der Waals surface area (Å²) in [7, 11) is 0. The first-order valence-electron chi connectivity index (χ1n) is 4.65. The molecule has 0 aliphatic carbocycles. The molecule has 1 aromatic heterocycles. The van der Waals surface area contributed by atoms with E-state index in [1.807, 2.05) is 13.8 Å². The zero-order valence-corrected chi connectivity index (χ0v) is 8.66. The van der Waals surface area contributed by atoms with Crippen LogP contribution in [-0.4, -0.2) is 9.55 Å². The van der Waals surface area contributed by atoms with E-state index in [1.54, 1.807) is 23.0 Å². The van der Waals surface area contributed by atoms with Gasteiger partial charge in [0.2, 0.25) is 0 Å². The van der Waals surface area contributed by atoms with Gasteiger partial charge in [0.05, 0.1) is 17.7 Å². The van der Waals surface area contributed by atoms with Crippen molar-refractivity contribution in [1.29, 1.82) is 0 Å². The first-order valence-corrected chi connectivity index (χ1v) is 4.65. The monoisotopic (exact) mass is 205 g/mol. The van der Waals surface area contributed by atoms with Crippen molar-refractivity contribution in [3.8, 4) is 5.69 Å². The number of rotatable bonds is 1. The molecular weight excluding hydrogens is 193 g/mol. The molecule has 0 amide bonds. The third-order valence-electron chi connectivity index (χ3n) is 2.48. The number of anilines is 1. The average Bonchev–Trinajstić information content (AvgIpc) is 2.49. The number of nitrogen functional groups attached to an aromatic ring is 1. The maximum atomic E-state index is 13.6. The van der Waals surface area contributed by atoms with E-state index in [0.29, 0.717) is 11.4 Å².